The minimum Gasteiger partial charge on any atom is -0.493 e. The Morgan fingerprint density at radius 3 is 2.15 bits per heavy atom. The third-order valence-corrected chi connectivity index (χ3v) is 3.78. The maximum Gasteiger partial charge on any atom is 0.366 e. The average molecular weight is 369 g/mol. The molecule has 0 unspecified atom stereocenters. The molecule has 2 rings (SSSR count). The van der Waals surface area contributed by atoms with E-state index in [9.17, 15) is 4.79 Å². The Kier molecular flexibility index (Phi) is 7.43. The molecule has 6 heteroatoms. The summed E-state index contributed by atoms with van der Waals surface area (Å²) >= 11 is 0. The van der Waals surface area contributed by atoms with Crippen molar-refractivity contribution in [2.45, 2.75) is 13.3 Å². The lowest BCUT2D eigenvalue weighted by molar-refractivity contribution is 0.0515. The van der Waals surface area contributed by atoms with E-state index < -0.39 is 5.97 Å². The van der Waals surface area contributed by atoms with Crippen molar-refractivity contribution in [3.8, 4) is 17.2 Å². The van der Waals surface area contributed by atoms with Crippen LogP contribution >= 0.6 is 0 Å². The summed E-state index contributed by atoms with van der Waals surface area (Å²) in [5.74, 6) is 0.522. The first-order valence-corrected chi connectivity index (χ1v) is 8.44. The fraction of sp³-hybridized carbons (Fsp3) is 0.238. The Morgan fingerprint density at radius 1 is 1.00 bits per heavy atom. The van der Waals surface area contributed by atoms with E-state index in [-0.39, 0.29) is 5.56 Å². The van der Waals surface area contributed by atoms with Crippen LogP contribution in [0.1, 0.15) is 29.3 Å². The summed E-state index contributed by atoms with van der Waals surface area (Å²) in [4.78, 5) is 17.5. The lowest BCUT2D eigenvalue weighted by atomic mass is 10.2. The van der Waals surface area contributed by atoms with Gasteiger partial charge in [-0.3, -0.25) is 0 Å². The van der Waals surface area contributed by atoms with E-state index in [2.05, 4.69) is 5.16 Å². The zero-order valence-corrected chi connectivity index (χ0v) is 15.9. The van der Waals surface area contributed by atoms with Crippen LogP contribution in [0.15, 0.2) is 53.7 Å². The minimum atomic E-state index is -0.617. The number of allylic oxidation sites excluding steroid dienone is 1. The zero-order valence-electron chi connectivity index (χ0n) is 15.9. The van der Waals surface area contributed by atoms with Gasteiger partial charge in [0.05, 0.1) is 32.6 Å². The third kappa shape index (κ3) is 5.34. The summed E-state index contributed by atoms with van der Waals surface area (Å²) in [7, 11) is 4.46. The quantitative estimate of drug-likeness (QED) is 0.393. The molecule has 0 saturated carbocycles. The van der Waals surface area contributed by atoms with Crippen LogP contribution < -0.4 is 14.2 Å². The average Bonchev–Trinajstić information content (AvgIpc) is 2.73. The Labute approximate surface area is 159 Å². The van der Waals surface area contributed by atoms with Crippen LogP contribution in [0.25, 0.3) is 6.08 Å². The van der Waals surface area contributed by atoms with E-state index in [1.807, 2.05) is 49.4 Å². The van der Waals surface area contributed by atoms with Gasteiger partial charge in [0, 0.05) is 0 Å². The highest BCUT2D eigenvalue weighted by molar-refractivity contribution is 5.98. The van der Waals surface area contributed by atoms with Crippen LogP contribution in [0.2, 0.25) is 0 Å². The van der Waals surface area contributed by atoms with Crippen molar-refractivity contribution in [3.63, 3.8) is 0 Å². The van der Waals surface area contributed by atoms with Gasteiger partial charge in [0.25, 0.3) is 0 Å². The molecule has 0 aliphatic heterocycles. The van der Waals surface area contributed by atoms with Crippen LogP contribution in [0, 0.1) is 0 Å². The number of oxime groups is 1. The molecule has 27 heavy (non-hydrogen) atoms. The molecule has 2 aromatic rings. The molecule has 0 bridgehead atoms. The maximum absolute atomic E-state index is 12.4. The molecule has 0 amide bonds. The number of methoxy groups -OCH3 is 3. The summed E-state index contributed by atoms with van der Waals surface area (Å²) in [6, 6.07) is 12.8. The number of nitrogens with zero attached hydrogens (tertiary/aromatic N) is 1. The number of carbonyl (C=O) groups is 1. The number of ether oxygens (including phenoxy) is 3. The molecule has 0 fully saturated rings. The third-order valence-electron chi connectivity index (χ3n) is 3.78. The van der Waals surface area contributed by atoms with Gasteiger partial charge in [0.1, 0.15) is 0 Å². The van der Waals surface area contributed by atoms with Gasteiger partial charge in [0.2, 0.25) is 5.75 Å². The fourth-order valence-electron chi connectivity index (χ4n) is 2.32. The first-order chi connectivity index (χ1) is 13.1. The molecule has 0 N–H and O–H groups in total. The second kappa shape index (κ2) is 10.0. The van der Waals surface area contributed by atoms with Gasteiger partial charge < -0.3 is 19.0 Å². The van der Waals surface area contributed by atoms with Gasteiger partial charge in [-0.15, -0.1) is 0 Å². The van der Waals surface area contributed by atoms with Crippen molar-refractivity contribution in [2.24, 2.45) is 5.16 Å². The first kappa shape index (κ1) is 20.0. The van der Waals surface area contributed by atoms with Crippen LogP contribution in [0.3, 0.4) is 0 Å². The number of benzene rings is 2. The van der Waals surface area contributed by atoms with Crippen molar-refractivity contribution in [1.82, 2.24) is 0 Å². The van der Waals surface area contributed by atoms with E-state index >= 15 is 0 Å². The van der Waals surface area contributed by atoms with Crippen molar-refractivity contribution < 1.29 is 23.8 Å². The molecule has 0 spiro atoms. The summed E-state index contributed by atoms with van der Waals surface area (Å²) in [6.07, 6.45) is 4.35. The second-order valence-corrected chi connectivity index (χ2v) is 5.47. The van der Waals surface area contributed by atoms with Gasteiger partial charge in [-0.1, -0.05) is 48.5 Å². The Bertz CT molecular complexity index is 803. The van der Waals surface area contributed by atoms with Gasteiger partial charge in [0.15, 0.2) is 11.5 Å². The van der Waals surface area contributed by atoms with Crippen LogP contribution in [0.4, 0.5) is 0 Å². The topological polar surface area (TPSA) is 66.4 Å². The highest BCUT2D eigenvalue weighted by Crippen LogP contribution is 2.38. The SMILES string of the molecule is CCC(/C=C/c1ccccc1)=N/OC(=O)c1cc(OC)c(OC)c(OC)c1. The summed E-state index contributed by atoms with van der Waals surface area (Å²) in [5, 5.41) is 3.95. The van der Waals surface area contributed by atoms with Crippen molar-refractivity contribution >= 4 is 17.8 Å². The molecule has 0 aromatic heterocycles. The van der Waals surface area contributed by atoms with E-state index in [4.69, 9.17) is 19.0 Å². The molecule has 0 heterocycles. The predicted octanol–water partition coefficient (Wildman–Crippen LogP) is 4.35. The van der Waals surface area contributed by atoms with E-state index in [0.29, 0.717) is 29.4 Å². The molecule has 2 aromatic carbocycles. The van der Waals surface area contributed by atoms with Crippen molar-refractivity contribution in [1.29, 1.82) is 0 Å². The monoisotopic (exact) mass is 369 g/mol. The van der Waals surface area contributed by atoms with Crippen molar-refractivity contribution in [2.75, 3.05) is 21.3 Å². The first-order valence-electron chi connectivity index (χ1n) is 8.44. The largest absolute Gasteiger partial charge is 0.493 e. The normalized spacial score (nSPS) is 11.3. The smallest absolute Gasteiger partial charge is 0.366 e. The maximum atomic E-state index is 12.4. The van der Waals surface area contributed by atoms with Crippen LogP contribution in [-0.4, -0.2) is 33.0 Å². The van der Waals surface area contributed by atoms with E-state index in [1.54, 1.807) is 0 Å². The molecule has 0 saturated heterocycles. The highest BCUT2D eigenvalue weighted by Gasteiger charge is 2.18. The number of hydrogen-bond acceptors (Lipinski definition) is 6. The second-order valence-electron chi connectivity index (χ2n) is 5.47. The standard InChI is InChI=1S/C21H23NO5/c1-5-17(12-11-15-9-7-6-8-10-15)22-27-21(23)16-13-18(24-2)20(26-4)19(14-16)25-3/h6-14H,5H2,1-4H3/b12-11+,22-17-. The summed E-state index contributed by atoms with van der Waals surface area (Å²) in [6.45, 7) is 1.93. The number of carbonyl (C=O) groups excluding carboxylic acids is 1. The molecule has 0 atom stereocenters. The number of hydrogen-bond donors (Lipinski definition) is 0. The zero-order chi connectivity index (χ0) is 19.6. The predicted molar refractivity (Wildman–Crippen MR) is 105 cm³/mol. The van der Waals surface area contributed by atoms with E-state index in [1.165, 1.54) is 33.5 Å². The van der Waals surface area contributed by atoms with Gasteiger partial charge in [-0.25, -0.2) is 4.79 Å². The fourth-order valence-corrected chi connectivity index (χ4v) is 2.32. The Morgan fingerprint density at radius 2 is 1.63 bits per heavy atom. The van der Waals surface area contributed by atoms with Crippen LogP contribution in [0.5, 0.6) is 17.2 Å². The molecule has 0 aliphatic carbocycles. The highest BCUT2D eigenvalue weighted by atomic mass is 16.7. The minimum absolute atomic E-state index is 0.246. The Hall–Kier alpha value is -3.28. The lowest BCUT2D eigenvalue weighted by Gasteiger charge is -2.13. The van der Waals surface area contributed by atoms with E-state index in [0.717, 1.165) is 5.56 Å². The molecule has 0 radical (unpaired) electrons. The van der Waals surface area contributed by atoms with Crippen molar-refractivity contribution in [3.05, 3.63) is 59.7 Å². The molecule has 0 aliphatic rings. The molecule has 6 nitrogen and oxygen atoms in total. The lowest BCUT2D eigenvalue weighted by Crippen LogP contribution is -2.05. The Balaban J connectivity index is 2.17. The van der Waals surface area contributed by atoms with Crippen LogP contribution in [-0.2, 0) is 4.84 Å². The van der Waals surface area contributed by atoms with Gasteiger partial charge >= 0.3 is 5.97 Å². The molecular formula is C21H23NO5. The molecule has 142 valence electrons. The number of rotatable bonds is 8. The summed E-state index contributed by atoms with van der Waals surface area (Å²) < 4.78 is 15.7. The van der Waals surface area contributed by atoms with Gasteiger partial charge in [-0.05, 0) is 30.2 Å². The molecular weight excluding hydrogens is 346 g/mol. The van der Waals surface area contributed by atoms with Gasteiger partial charge in [-0.2, -0.15) is 0 Å². The summed E-state index contributed by atoms with van der Waals surface area (Å²) in [5.41, 5.74) is 1.92.